The van der Waals surface area contributed by atoms with Crippen LogP contribution in [0.3, 0.4) is 0 Å². The minimum atomic E-state index is -0.713. The van der Waals surface area contributed by atoms with E-state index in [0.29, 0.717) is 53.2 Å². The summed E-state index contributed by atoms with van der Waals surface area (Å²) < 4.78 is 38.1. The summed E-state index contributed by atoms with van der Waals surface area (Å²) in [4.78, 5) is 4.79. The van der Waals surface area contributed by atoms with Crippen molar-refractivity contribution in [2.75, 3.05) is 68.2 Å². The Morgan fingerprint density at radius 3 is 2.17 bits per heavy atom. The lowest BCUT2D eigenvalue weighted by atomic mass is 9.87. The van der Waals surface area contributed by atoms with E-state index >= 15 is 0 Å². The van der Waals surface area contributed by atoms with Gasteiger partial charge in [-0.3, -0.25) is 9.80 Å². The van der Waals surface area contributed by atoms with E-state index in [2.05, 4.69) is 71.7 Å². The van der Waals surface area contributed by atoms with Crippen molar-refractivity contribution in [2.24, 2.45) is 5.92 Å². The predicted molar refractivity (Wildman–Crippen MR) is 208 cm³/mol. The van der Waals surface area contributed by atoms with E-state index in [0.717, 1.165) is 67.3 Å². The summed E-state index contributed by atoms with van der Waals surface area (Å²) in [6, 6.07) is 21.0. The quantitative estimate of drug-likeness (QED) is 0.179. The molecule has 1 saturated carbocycles. The molecule has 1 fully saturated rings. The van der Waals surface area contributed by atoms with E-state index in [1.807, 2.05) is 18.2 Å². The Balaban J connectivity index is 1.28. The summed E-state index contributed by atoms with van der Waals surface area (Å²) in [5, 5.41) is 14.5. The van der Waals surface area contributed by atoms with Gasteiger partial charge in [-0.15, -0.1) is 0 Å². The number of hydrogen-bond acceptors (Lipinski definition) is 10. The van der Waals surface area contributed by atoms with Crippen molar-refractivity contribution in [3.8, 4) is 46.0 Å². The van der Waals surface area contributed by atoms with Gasteiger partial charge in [0.15, 0.2) is 34.5 Å². The molecule has 0 spiro atoms. The lowest BCUT2D eigenvalue weighted by Gasteiger charge is -2.37. The molecule has 4 aromatic rings. The Kier molecular flexibility index (Phi) is 10.6. The average Bonchev–Trinajstić information content (AvgIpc) is 4.01. The number of nitrogens with one attached hydrogen (secondary N) is 1. The molecule has 0 radical (unpaired) electrons. The third kappa shape index (κ3) is 7.57. The monoisotopic (exact) mass is 735 g/mol. The number of hydrogen-bond donors (Lipinski definition) is 2. The van der Waals surface area contributed by atoms with Gasteiger partial charge in [0, 0.05) is 37.3 Å². The van der Waals surface area contributed by atoms with Crippen LogP contribution in [0.4, 0.5) is 0 Å². The number of methoxy groups -OCH3 is 3. The molecular formula is C44H53N3O7. The van der Waals surface area contributed by atoms with Gasteiger partial charge in [0.25, 0.3) is 0 Å². The van der Waals surface area contributed by atoms with E-state index in [9.17, 15) is 5.11 Å². The summed E-state index contributed by atoms with van der Waals surface area (Å²) in [6.45, 7) is 3.23. The van der Waals surface area contributed by atoms with E-state index in [-0.39, 0.29) is 18.7 Å². The second kappa shape index (κ2) is 15.7. The lowest BCUT2D eigenvalue weighted by molar-refractivity contribution is 0.102. The van der Waals surface area contributed by atoms with Crippen molar-refractivity contribution in [1.82, 2.24) is 15.1 Å². The third-order valence-corrected chi connectivity index (χ3v) is 11.6. The van der Waals surface area contributed by atoms with Crippen LogP contribution in [-0.4, -0.2) is 89.2 Å². The number of rotatable bonds is 10. The standard InChI is InChI=1S/C44H53N3O7/c1-46-16-14-30-21-38(50-4)40-23-34(30)35(46)18-27-8-11-33(12-9-27)53-39-20-29(10-13-37(39)49-3)19-36-42-31(15-17-47(36)2)22-41(51-5)43(44(42)54-40)52-26-32(48)25-45-24-28-6-7-28/h8-13,20-23,28,32,35-36,45,48H,6-7,14-19,24-26H2,1-5H3. The topological polar surface area (TPSA) is 94.1 Å². The van der Waals surface area contributed by atoms with Crippen molar-refractivity contribution in [3.63, 3.8) is 0 Å². The molecule has 3 unspecified atom stereocenters. The van der Waals surface area contributed by atoms with Crippen LogP contribution in [0.15, 0.2) is 60.7 Å². The Morgan fingerprint density at radius 2 is 1.43 bits per heavy atom. The molecule has 3 atom stereocenters. The van der Waals surface area contributed by atoms with Crippen molar-refractivity contribution in [2.45, 2.75) is 56.7 Å². The molecular weight excluding hydrogens is 682 g/mol. The molecule has 4 aromatic carbocycles. The first-order valence-electron chi connectivity index (χ1n) is 19.3. The Hall–Kier alpha value is -4.48. The normalized spacial score (nSPS) is 20.1. The van der Waals surface area contributed by atoms with Gasteiger partial charge in [-0.1, -0.05) is 18.2 Å². The highest BCUT2D eigenvalue weighted by molar-refractivity contribution is 5.64. The first-order chi connectivity index (χ1) is 26.3. The van der Waals surface area contributed by atoms with Gasteiger partial charge in [0.1, 0.15) is 18.5 Å². The van der Waals surface area contributed by atoms with Crippen LogP contribution < -0.4 is 33.7 Å². The van der Waals surface area contributed by atoms with Crippen molar-refractivity contribution in [3.05, 3.63) is 94.0 Å². The van der Waals surface area contributed by atoms with Gasteiger partial charge in [0.2, 0.25) is 5.75 Å². The Morgan fingerprint density at radius 1 is 0.759 bits per heavy atom. The molecule has 10 heteroatoms. The molecule has 10 nitrogen and oxygen atoms in total. The largest absolute Gasteiger partial charge is 0.493 e. The highest BCUT2D eigenvalue weighted by Crippen LogP contribution is 2.52. The number of aliphatic hydroxyl groups excluding tert-OH is 1. The third-order valence-electron chi connectivity index (χ3n) is 11.6. The zero-order valence-corrected chi connectivity index (χ0v) is 32.2. The minimum Gasteiger partial charge on any atom is -0.493 e. The molecule has 286 valence electrons. The summed E-state index contributed by atoms with van der Waals surface area (Å²) in [5.74, 6) is 5.73. The van der Waals surface area contributed by atoms with E-state index in [4.69, 9.17) is 28.4 Å². The van der Waals surface area contributed by atoms with Crippen LogP contribution in [0.25, 0.3) is 0 Å². The fourth-order valence-electron chi connectivity index (χ4n) is 8.23. The number of benzene rings is 4. The number of nitrogens with zero attached hydrogens (tertiary/aromatic N) is 2. The van der Waals surface area contributed by atoms with E-state index in [1.54, 1.807) is 21.3 Å². The van der Waals surface area contributed by atoms with Gasteiger partial charge in [0.05, 0.1) is 21.3 Å². The molecule has 6 bridgehead atoms. The maximum atomic E-state index is 11.1. The summed E-state index contributed by atoms with van der Waals surface area (Å²) in [5.41, 5.74) is 6.94. The summed E-state index contributed by atoms with van der Waals surface area (Å²) >= 11 is 0. The Bertz CT molecular complexity index is 1960. The first kappa shape index (κ1) is 36.5. The molecule has 54 heavy (non-hydrogen) atoms. The minimum absolute atomic E-state index is 0.0789. The zero-order chi connectivity index (χ0) is 37.3. The molecule has 9 rings (SSSR count). The number of fused-ring (bicyclic) bond motifs is 2. The first-order valence-corrected chi connectivity index (χ1v) is 19.3. The smallest absolute Gasteiger partial charge is 0.204 e. The van der Waals surface area contributed by atoms with Crippen LogP contribution in [0, 0.1) is 5.92 Å². The maximum absolute atomic E-state index is 11.1. The van der Waals surface area contributed by atoms with Crippen molar-refractivity contribution in [1.29, 1.82) is 0 Å². The van der Waals surface area contributed by atoms with E-state index in [1.165, 1.54) is 29.5 Å². The van der Waals surface area contributed by atoms with Gasteiger partial charge >= 0.3 is 0 Å². The van der Waals surface area contributed by atoms with Crippen LogP contribution in [0.5, 0.6) is 46.0 Å². The molecule has 5 aliphatic rings. The highest BCUT2D eigenvalue weighted by Gasteiger charge is 2.35. The number of aliphatic hydroxyl groups is 1. The SMILES string of the molecule is COc1ccc2cc1Oc1ccc(cc1)CC1c3cc(c(OC)cc3CCN1C)Oc1c(OCC(O)CNCC3CC3)c(OC)cc3c1C(C2)N(C)CC3. The second-order valence-electron chi connectivity index (χ2n) is 15.3. The molecule has 0 amide bonds. The molecule has 0 aromatic heterocycles. The molecule has 2 N–H and O–H groups in total. The summed E-state index contributed by atoms with van der Waals surface area (Å²) in [7, 11) is 9.38. The highest BCUT2D eigenvalue weighted by atomic mass is 16.6. The van der Waals surface area contributed by atoms with Crippen molar-refractivity contribution >= 4 is 0 Å². The lowest BCUT2D eigenvalue weighted by Crippen LogP contribution is -2.34. The maximum Gasteiger partial charge on any atom is 0.204 e. The van der Waals surface area contributed by atoms with Crippen LogP contribution in [-0.2, 0) is 25.7 Å². The van der Waals surface area contributed by atoms with Crippen molar-refractivity contribution < 1.29 is 33.5 Å². The van der Waals surface area contributed by atoms with Crippen LogP contribution in [0.2, 0.25) is 0 Å². The summed E-state index contributed by atoms with van der Waals surface area (Å²) in [6.07, 6.45) is 5.00. The van der Waals surface area contributed by atoms with Crippen LogP contribution >= 0.6 is 0 Å². The molecule has 4 aliphatic heterocycles. The number of likely N-dealkylation sites (N-methyl/N-ethyl adjacent to an activating group) is 2. The zero-order valence-electron chi connectivity index (χ0n) is 32.2. The van der Waals surface area contributed by atoms with Gasteiger partial charge in [-0.05, 0) is 135 Å². The van der Waals surface area contributed by atoms with E-state index < -0.39 is 6.10 Å². The molecule has 1 aliphatic carbocycles. The predicted octanol–water partition coefficient (Wildman–Crippen LogP) is 6.89. The average molecular weight is 736 g/mol. The van der Waals surface area contributed by atoms with Gasteiger partial charge < -0.3 is 38.8 Å². The van der Waals surface area contributed by atoms with Gasteiger partial charge in [-0.25, -0.2) is 0 Å². The second-order valence-corrected chi connectivity index (χ2v) is 15.3. The molecule has 0 saturated heterocycles. The fraction of sp³-hybridized carbons (Fsp3) is 0.455. The fourth-order valence-corrected chi connectivity index (χ4v) is 8.23. The van der Waals surface area contributed by atoms with Gasteiger partial charge in [-0.2, -0.15) is 0 Å². The van der Waals surface area contributed by atoms with Crippen LogP contribution in [0.1, 0.15) is 58.3 Å². The molecule has 4 heterocycles. The Labute approximate surface area is 318 Å². The number of ether oxygens (including phenoxy) is 6.